The minimum absolute atomic E-state index is 0.00446. The van der Waals surface area contributed by atoms with Crippen LogP contribution in [0.3, 0.4) is 0 Å². The third-order valence-corrected chi connectivity index (χ3v) is 11.1. The molecule has 51 heavy (non-hydrogen) atoms. The molecule has 0 N–H and O–H groups in total. The first-order valence-corrected chi connectivity index (χ1v) is 18.0. The molecule has 0 saturated carbocycles. The summed E-state index contributed by atoms with van der Waals surface area (Å²) in [7, 11) is 1.48. The van der Waals surface area contributed by atoms with E-state index < -0.39 is 58.0 Å². The summed E-state index contributed by atoms with van der Waals surface area (Å²) in [4.78, 5) is 37.5. The molecule has 3 aliphatic rings. The fourth-order valence-electron chi connectivity index (χ4n) is 7.62. The second kappa shape index (κ2) is 14.9. The number of fused-ring (bicyclic) bond motifs is 1. The van der Waals surface area contributed by atoms with E-state index in [-0.39, 0.29) is 44.7 Å². The highest BCUT2D eigenvalue weighted by atomic mass is 35.5. The van der Waals surface area contributed by atoms with Crippen molar-refractivity contribution in [2.45, 2.75) is 68.6 Å². The van der Waals surface area contributed by atoms with Gasteiger partial charge in [0.15, 0.2) is 0 Å². The Labute approximate surface area is 300 Å². The summed E-state index contributed by atoms with van der Waals surface area (Å²) in [5, 5.41) is 1.68. The fraction of sp³-hybridized carbons (Fsp3) is 0.514. The fourth-order valence-corrected chi connectivity index (χ4v) is 8.49. The lowest BCUT2D eigenvalue weighted by atomic mass is 9.79. The van der Waals surface area contributed by atoms with E-state index in [0.29, 0.717) is 29.3 Å². The Morgan fingerprint density at radius 1 is 1.00 bits per heavy atom. The molecule has 6 rings (SSSR count). The second-order valence-electron chi connectivity index (χ2n) is 13.1. The summed E-state index contributed by atoms with van der Waals surface area (Å²) < 4.78 is 96.0. The predicted molar refractivity (Wildman–Crippen MR) is 178 cm³/mol. The highest BCUT2D eigenvalue weighted by Gasteiger charge is 2.57. The van der Waals surface area contributed by atoms with Gasteiger partial charge in [-0.3, -0.25) is 14.6 Å². The Hall–Kier alpha value is -3.40. The van der Waals surface area contributed by atoms with Crippen molar-refractivity contribution in [3.05, 3.63) is 80.3 Å². The van der Waals surface area contributed by atoms with Crippen molar-refractivity contribution in [2.24, 2.45) is 0 Å². The number of amides is 2. The quantitative estimate of drug-likeness (QED) is 0.211. The van der Waals surface area contributed by atoms with Crippen molar-refractivity contribution >= 4 is 34.8 Å². The maximum atomic E-state index is 15.3. The van der Waals surface area contributed by atoms with Gasteiger partial charge in [0.05, 0.1) is 24.3 Å². The van der Waals surface area contributed by atoms with Crippen molar-refractivity contribution in [2.75, 3.05) is 46.4 Å². The van der Waals surface area contributed by atoms with Gasteiger partial charge in [0.2, 0.25) is 5.60 Å². The lowest BCUT2D eigenvalue weighted by molar-refractivity contribution is -0.163. The van der Waals surface area contributed by atoms with Gasteiger partial charge in [-0.25, -0.2) is 0 Å². The second-order valence-corrected chi connectivity index (χ2v) is 14.4. The summed E-state index contributed by atoms with van der Waals surface area (Å²) >= 11 is 6.69. The summed E-state index contributed by atoms with van der Waals surface area (Å²) in [5.74, 6) is -1.85. The molecule has 8 nitrogen and oxygen atoms in total. The molecule has 276 valence electrons. The Kier molecular flexibility index (Phi) is 10.9. The first kappa shape index (κ1) is 37.4. The third kappa shape index (κ3) is 7.72. The molecule has 1 unspecified atom stereocenters. The Balaban J connectivity index is 1.48. The molecular formula is C35H37ClF6N4O4S. The predicted octanol–water partition coefficient (Wildman–Crippen LogP) is 7.51. The van der Waals surface area contributed by atoms with Crippen LogP contribution >= 0.6 is 22.9 Å². The molecule has 3 aromatic rings. The number of nitrogens with zero attached hydrogens (tertiary/aromatic N) is 4. The first-order valence-electron chi connectivity index (χ1n) is 16.7. The van der Waals surface area contributed by atoms with E-state index in [1.165, 1.54) is 12.0 Å². The molecule has 16 heteroatoms. The van der Waals surface area contributed by atoms with Crippen molar-refractivity contribution in [3.63, 3.8) is 0 Å². The van der Waals surface area contributed by atoms with Crippen LogP contribution in [0.2, 0.25) is 5.02 Å². The van der Waals surface area contributed by atoms with Crippen molar-refractivity contribution < 1.29 is 45.4 Å². The molecule has 0 bridgehead atoms. The molecule has 2 amide bonds. The van der Waals surface area contributed by atoms with E-state index in [4.69, 9.17) is 21.1 Å². The molecule has 5 heterocycles. The topological polar surface area (TPSA) is 75.2 Å². The molecule has 3 atom stereocenters. The van der Waals surface area contributed by atoms with Crippen molar-refractivity contribution in [1.29, 1.82) is 0 Å². The number of pyridine rings is 1. The van der Waals surface area contributed by atoms with E-state index in [0.717, 1.165) is 66.8 Å². The summed E-state index contributed by atoms with van der Waals surface area (Å²) in [6.07, 6.45) is -5.99. The Morgan fingerprint density at radius 3 is 2.45 bits per heavy atom. The number of rotatable bonds is 9. The molecule has 2 fully saturated rings. The molecule has 1 aromatic carbocycles. The monoisotopic (exact) mass is 758 g/mol. The molecule has 0 radical (unpaired) electrons. The zero-order valence-electron chi connectivity index (χ0n) is 27.7. The van der Waals surface area contributed by atoms with Gasteiger partial charge in [0.1, 0.15) is 16.3 Å². The number of ether oxygens (including phenoxy) is 2. The minimum atomic E-state index is -4.90. The number of methoxy groups -OCH3 is 1. The smallest absolute Gasteiger partial charge is 0.425 e. The molecular weight excluding hydrogens is 722 g/mol. The number of halogens is 7. The van der Waals surface area contributed by atoms with Crippen LogP contribution < -0.4 is 4.74 Å². The van der Waals surface area contributed by atoms with Gasteiger partial charge in [-0.15, -0.1) is 11.3 Å². The average Bonchev–Trinajstić information content (AvgIpc) is 3.79. The van der Waals surface area contributed by atoms with Crippen LogP contribution in [0.1, 0.15) is 70.2 Å². The van der Waals surface area contributed by atoms with Gasteiger partial charge in [-0.2, -0.15) is 26.3 Å². The van der Waals surface area contributed by atoms with E-state index in [2.05, 4.69) is 9.88 Å². The first-order chi connectivity index (χ1) is 24.2. The number of benzene rings is 1. The van der Waals surface area contributed by atoms with E-state index in [9.17, 15) is 31.1 Å². The largest absolute Gasteiger partial charge is 0.474 e. The van der Waals surface area contributed by atoms with E-state index in [1.807, 2.05) is 6.07 Å². The normalized spacial score (nSPS) is 23.0. The zero-order chi connectivity index (χ0) is 36.6. The van der Waals surface area contributed by atoms with Crippen LogP contribution in [0.25, 0.3) is 0 Å². The highest BCUT2D eigenvalue weighted by Crippen LogP contribution is 2.44. The van der Waals surface area contributed by atoms with Gasteiger partial charge >= 0.3 is 12.4 Å². The number of piperidine rings is 1. The van der Waals surface area contributed by atoms with Gasteiger partial charge in [-0.1, -0.05) is 17.7 Å². The number of carbonyl (C=O) groups excluding carboxylic acids is 2. The average molecular weight is 759 g/mol. The van der Waals surface area contributed by atoms with Crippen LogP contribution in [0.5, 0.6) is 5.75 Å². The van der Waals surface area contributed by atoms with Crippen LogP contribution in [-0.2, 0) is 28.3 Å². The Bertz CT molecular complexity index is 1730. The van der Waals surface area contributed by atoms with Crippen LogP contribution in [-0.4, -0.2) is 89.6 Å². The van der Waals surface area contributed by atoms with Crippen LogP contribution in [0, 0.1) is 0 Å². The third-order valence-electron chi connectivity index (χ3n) is 9.92. The van der Waals surface area contributed by atoms with E-state index in [1.54, 1.807) is 17.0 Å². The number of aromatic nitrogens is 1. The molecule has 2 saturated heterocycles. The number of alkyl halides is 6. The van der Waals surface area contributed by atoms with Gasteiger partial charge < -0.3 is 24.2 Å². The number of thiophene rings is 1. The lowest BCUT2D eigenvalue weighted by Crippen LogP contribution is -2.69. The number of hydrogen-bond acceptors (Lipinski definition) is 7. The SMILES string of the molecule is COCC1c2ccc(Cl)cc2CCN1C(=O)[C@@]1(Oc2csc(C(F)(F)F)c2)CCCN(C(=O)c2ncccc2C(F)(F)F)[C@@H]1CCN1CCCC1. The number of hydrogen-bond donors (Lipinski definition) is 0. The summed E-state index contributed by atoms with van der Waals surface area (Å²) in [6, 6.07) is 6.16. The van der Waals surface area contributed by atoms with Gasteiger partial charge in [-0.05, 0) is 80.6 Å². The molecule has 0 aliphatic carbocycles. The minimum Gasteiger partial charge on any atom is -0.474 e. The van der Waals surface area contributed by atoms with Gasteiger partial charge in [0.25, 0.3) is 11.8 Å². The highest BCUT2D eigenvalue weighted by molar-refractivity contribution is 7.10. The van der Waals surface area contributed by atoms with Crippen molar-refractivity contribution in [3.8, 4) is 5.75 Å². The zero-order valence-corrected chi connectivity index (χ0v) is 29.3. The number of carbonyl (C=O) groups is 2. The van der Waals surface area contributed by atoms with Gasteiger partial charge in [0, 0.05) is 55.8 Å². The molecule has 3 aliphatic heterocycles. The maximum absolute atomic E-state index is 15.3. The summed E-state index contributed by atoms with van der Waals surface area (Å²) in [5.41, 5.74) is -2.35. The summed E-state index contributed by atoms with van der Waals surface area (Å²) in [6.45, 7) is 2.10. The lowest BCUT2D eigenvalue weighted by Gasteiger charge is -2.51. The molecule has 0 spiro atoms. The number of likely N-dealkylation sites (tertiary alicyclic amines) is 2. The maximum Gasteiger partial charge on any atom is 0.425 e. The van der Waals surface area contributed by atoms with Crippen LogP contribution in [0.15, 0.2) is 48.0 Å². The Morgan fingerprint density at radius 2 is 1.76 bits per heavy atom. The van der Waals surface area contributed by atoms with Crippen LogP contribution in [0.4, 0.5) is 26.3 Å². The van der Waals surface area contributed by atoms with Crippen molar-refractivity contribution in [1.82, 2.24) is 19.7 Å². The van der Waals surface area contributed by atoms with E-state index >= 15 is 4.79 Å². The standard InChI is InChI=1S/C35H37ClF6N4O4S/c1-49-20-27-25-8-7-23(36)18-22(25)9-17-45(27)32(48)33(50-24-19-29(51-21-24)35(40,41)42)11-5-15-46(28(33)10-16-44-13-2-3-14-44)31(47)30-26(34(37,38)39)6-4-12-43-30/h4,6-8,12,18-19,21,27-28H,2-3,5,9-11,13-17,20H2,1H3/t27?,28-,33-/m1/s1. The molecule has 2 aromatic heterocycles.